The van der Waals surface area contributed by atoms with Crippen molar-refractivity contribution >= 4 is 17.3 Å². The minimum absolute atomic E-state index is 0.798. The summed E-state index contributed by atoms with van der Waals surface area (Å²) in [4.78, 5) is 0. The molecule has 0 spiro atoms. The normalized spacial score (nSPS) is 28.3. The molecule has 2 fully saturated rings. The zero-order valence-corrected chi connectivity index (χ0v) is 12.1. The van der Waals surface area contributed by atoms with Gasteiger partial charge in [-0.3, -0.25) is 0 Å². The molecule has 2 N–H and O–H groups in total. The van der Waals surface area contributed by atoms with E-state index in [0.29, 0.717) is 0 Å². The van der Waals surface area contributed by atoms with Crippen LogP contribution >= 0.6 is 12.2 Å². The molecule has 0 amide bonds. The maximum Gasteiger partial charge on any atom is 0.166 e. The minimum atomic E-state index is 0.798. The molecular formula is C16H22N2S. The first-order valence-corrected chi connectivity index (χ1v) is 7.77. The monoisotopic (exact) mass is 274 g/mol. The zero-order chi connectivity index (χ0) is 13.1. The van der Waals surface area contributed by atoms with E-state index in [0.717, 1.165) is 36.0 Å². The molecule has 2 saturated carbocycles. The third-order valence-electron chi connectivity index (χ3n) is 4.71. The fraction of sp³-hybridized carbons (Fsp3) is 0.562. The topological polar surface area (TPSA) is 24.1 Å². The first-order valence-electron chi connectivity index (χ1n) is 7.37. The summed E-state index contributed by atoms with van der Waals surface area (Å²) < 4.78 is 0. The van der Waals surface area contributed by atoms with E-state index in [1.165, 1.54) is 31.2 Å². The Kier molecular flexibility index (Phi) is 4.02. The lowest BCUT2D eigenvalue weighted by molar-refractivity contribution is 0.332. The molecule has 1 aromatic carbocycles. The summed E-state index contributed by atoms with van der Waals surface area (Å²) in [5.41, 5.74) is 1.27. The summed E-state index contributed by atoms with van der Waals surface area (Å²) in [7, 11) is 0. The van der Waals surface area contributed by atoms with Gasteiger partial charge in [0.15, 0.2) is 5.11 Å². The van der Waals surface area contributed by atoms with Gasteiger partial charge in [-0.05, 0) is 54.8 Å². The van der Waals surface area contributed by atoms with Crippen LogP contribution in [0.3, 0.4) is 0 Å². The first-order chi connectivity index (χ1) is 9.31. The highest BCUT2D eigenvalue weighted by Gasteiger charge is 2.39. The Hall–Kier alpha value is -1.09. The Balaban J connectivity index is 1.38. The second-order valence-corrected chi connectivity index (χ2v) is 6.39. The molecule has 3 rings (SSSR count). The van der Waals surface area contributed by atoms with Crippen LogP contribution in [0.4, 0.5) is 0 Å². The lowest BCUT2D eigenvalue weighted by Gasteiger charge is -2.22. The second-order valence-electron chi connectivity index (χ2n) is 5.98. The van der Waals surface area contributed by atoms with Gasteiger partial charge in [0, 0.05) is 13.1 Å². The van der Waals surface area contributed by atoms with E-state index in [1.807, 2.05) is 6.07 Å². The fourth-order valence-corrected chi connectivity index (χ4v) is 3.85. The molecule has 1 aromatic rings. The minimum Gasteiger partial charge on any atom is -0.362 e. The van der Waals surface area contributed by atoms with Crippen LogP contribution in [0.15, 0.2) is 30.3 Å². The Morgan fingerprint density at radius 2 is 1.95 bits per heavy atom. The van der Waals surface area contributed by atoms with Crippen molar-refractivity contribution < 1.29 is 0 Å². The molecule has 0 aromatic heterocycles. The Labute approximate surface area is 121 Å². The third-order valence-corrected chi connectivity index (χ3v) is 4.99. The number of nitrogens with one attached hydrogen (secondary N) is 2. The van der Waals surface area contributed by atoms with Gasteiger partial charge in [-0.1, -0.05) is 36.8 Å². The Morgan fingerprint density at radius 1 is 1.11 bits per heavy atom. The Bertz CT molecular complexity index is 432. The summed E-state index contributed by atoms with van der Waals surface area (Å²) in [5, 5.41) is 7.49. The highest BCUT2D eigenvalue weighted by atomic mass is 32.1. The van der Waals surface area contributed by atoms with Crippen molar-refractivity contribution in [3.63, 3.8) is 0 Å². The van der Waals surface area contributed by atoms with Gasteiger partial charge in [-0.25, -0.2) is 0 Å². The molecule has 3 heteroatoms. The van der Waals surface area contributed by atoms with Crippen molar-refractivity contribution in [2.75, 3.05) is 6.54 Å². The molecule has 19 heavy (non-hydrogen) atoms. The van der Waals surface area contributed by atoms with Crippen LogP contribution < -0.4 is 10.6 Å². The average Bonchev–Trinajstić information content (AvgIpc) is 3.06. The van der Waals surface area contributed by atoms with Gasteiger partial charge in [0.05, 0.1) is 0 Å². The van der Waals surface area contributed by atoms with Crippen LogP contribution in [0.1, 0.15) is 31.2 Å². The van der Waals surface area contributed by atoms with E-state index >= 15 is 0 Å². The molecule has 3 atom stereocenters. The van der Waals surface area contributed by atoms with Gasteiger partial charge in [0.1, 0.15) is 0 Å². The van der Waals surface area contributed by atoms with Crippen molar-refractivity contribution in [3.05, 3.63) is 35.9 Å². The van der Waals surface area contributed by atoms with Crippen LogP contribution in [0, 0.1) is 17.8 Å². The molecule has 0 heterocycles. The van der Waals surface area contributed by atoms with E-state index in [-0.39, 0.29) is 0 Å². The smallest absolute Gasteiger partial charge is 0.166 e. The van der Waals surface area contributed by atoms with Gasteiger partial charge in [0.2, 0.25) is 0 Å². The van der Waals surface area contributed by atoms with Crippen LogP contribution in [-0.4, -0.2) is 11.7 Å². The number of benzene rings is 1. The molecule has 2 bridgehead atoms. The number of fused-ring (bicyclic) bond motifs is 2. The van der Waals surface area contributed by atoms with Gasteiger partial charge >= 0.3 is 0 Å². The molecule has 2 aliphatic rings. The van der Waals surface area contributed by atoms with E-state index < -0.39 is 0 Å². The molecule has 0 saturated heterocycles. The molecule has 2 nitrogen and oxygen atoms in total. The fourth-order valence-electron chi connectivity index (χ4n) is 3.69. The van der Waals surface area contributed by atoms with Gasteiger partial charge in [-0.2, -0.15) is 0 Å². The molecule has 102 valence electrons. The predicted octanol–water partition coefficient (Wildman–Crippen LogP) is 3.09. The SMILES string of the molecule is S=C(NCc1ccccc1)NCC1CC2CCC1C2. The quantitative estimate of drug-likeness (QED) is 0.825. The van der Waals surface area contributed by atoms with Crippen molar-refractivity contribution in [1.29, 1.82) is 0 Å². The van der Waals surface area contributed by atoms with Crippen LogP contribution in [0.25, 0.3) is 0 Å². The van der Waals surface area contributed by atoms with E-state index in [4.69, 9.17) is 12.2 Å². The second kappa shape index (κ2) is 5.91. The maximum atomic E-state index is 5.35. The van der Waals surface area contributed by atoms with Gasteiger partial charge < -0.3 is 10.6 Å². The van der Waals surface area contributed by atoms with Crippen molar-refractivity contribution in [2.24, 2.45) is 17.8 Å². The van der Waals surface area contributed by atoms with E-state index in [9.17, 15) is 0 Å². The van der Waals surface area contributed by atoms with E-state index in [2.05, 4.69) is 34.9 Å². The number of hydrogen-bond acceptors (Lipinski definition) is 1. The zero-order valence-electron chi connectivity index (χ0n) is 11.3. The number of rotatable bonds is 4. The van der Waals surface area contributed by atoms with E-state index in [1.54, 1.807) is 0 Å². The summed E-state index contributed by atoms with van der Waals surface area (Å²) >= 11 is 5.35. The van der Waals surface area contributed by atoms with Crippen LogP contribution in [-0.2, 0) is 6.54 Å². The molecule has 2 aliphatic carbocycles. The number of hydrogen-bond donors (Lipinski definition) is 2. The van der Waals surface area contributed by atoms with Gasteiger partial charge in [0.25, 0.3) is 0 Å². The summed E-state index contributed by atoms with van der Waals surface area (Å²) in [6.45, 7) is 1.87. The molecule has 0 radical (unpaired) electrons. The third kappa shape index (κ3) is 3.27. The maximum absolute atomic E-state index is 5.35. The standard InChI is InChI=1S/C16H22N2S/c19-16(17-10-12-4-2-1-3-5-12)18-11-15-9-13-6-7-14(15)8-13/h1-5,13-15H,6-11H2,(H2,17,18,19). The summed E-state index contributed by atoms with van der Waals surface area (Å²) in [5.74, 6) is 2.84. The van der Waals surface area contributed by atoms with Crippen LogP contribution in [0.5, 0.6) is 0 Å². The van der Waals surface area contributed by atoms with Crippen molar-refractivity contribution in [3.8, 4) is 0 Å². The molecular weight excluding hydrogens is 252 g/mol. The first kappa shape index (κ1) is 12.9. The lowest BCUT2D eigenvalue weighted by Crippen LogP contribution is -2.38. The molecule has 0 aliphatic heterocycles. The van der Waals surface area contributed by atoms with Crippen molar-refractivity contribution in [1.82, 2.24) is 10.6 Å². The lowest BCUT2D eigenvalue weighted by atomic mass is 9.89. The van der Waals surface area contributed by atoms with Crippen molar-refractivity contribution in [2.45, 2.75) is 32.2 Å². The predicted molar refractivity (Wildman–Crippen MR) is 82.8 cm³/mol. The summed E-state index contributed by atoms with van der Waals surface area (Å²) in [6.07, 6.45) is 5.80. The highest BCUT2D eigenvalue weighted by Crippen LogP contribution is 2.47. The summed E-state index contributed by atoms with van der Waals surface area (Å²) in [6, 6.07) is 10.4. The largest absolute Gasteiger partial charge is 0.362 e. The highest BCUT2D eigenvalue weighted by molar-refractivity contribution is 7.80. The number of thiocarbonyl (C=S) groups is 1. The Morgan fingerprint density at radius 3 is 2.63 bits per heavy atom. The molecule has 3 unspecified atom stereocenters. The van der Waals surface area contributed by atoms with Crippen LogP contribution in [0.2, 0.25) is 0 Å². The average molecular weight is 274 g/mol. The van der Waals surface area contributed by atoms with Gasteiger partial charge in [-0.15, -0.1) is 0 Å².